The van der Waals surface area contributed by atoms with Crippen molar-refractivity contribution in [2.45, 2.75) is 0 Å². The van der Waals surface area contributed by atoms with Crippen LogP contribution in [0.4, 0.5) is 0 Å². The second kappa shape index (κ2) is 4.79. The predicted octanol–water partition coefficient (Wildman–Crippen LogP) is -0.972. The van der Waals surface area contributed by atoms with Crippen LogP contribution in [-0.4, -0.2) is 29.9 Å². The lowest BCUT2D eigenvalue weighted by atomic mass is 10.8. The number of aliphatic hydroxyl groups excluding tert-OH is 1. The predicted molar refractivity (Wildman–Crippen MR) is 33.0 cm³/mol. The molecule has 0 rings (SSSR count). The second-order valence-electron chi connectivity index (χ2n) is 1.35. The summed E-state index contributed by atoms with van der Waals surface area (Å²) in [6, 6.07) is 0. The van der Waals surface area contributed by atoms with Crippen LogP contribution in [0, 0.1) is 0 Å². The van der Waals surface area contributed by atoms with Crippen LogP contribution < -0.4 is 5.73 Å². The maximum Gasteiger partial charge on any atom is 0.474 e. The molecule has 7 heteroatoms. The molecule has 0 aliphatic rings. The molecule has 0 bridgehead atoms. The van der Waals surface area contributed by atoms with Gasteiger partial charge >= 0.3 is 7.82 Å². The number of aliphatic hydroxyl groups is 1. The van der Waals surface area contributed by atoms with Crippen molar-refractivity contribution < 1.29 is 23.6 Å². The van der Waals surface area contributed by atoms with Gasteiger partial charge in [0, 0.05) is 6.54 Å². The molecule has 62 valence electrons. The topological polar surface area (TPSA) is 102 Å². The smallest absolute Gasteiger partial charge is 0.370 e. The van der Waals surface area contributed by atoms with E-state index in [9.17, 15) is 4.57 Å². The normalized spacial score (nSPS) is 16.7. The third-order valence-corrected chi connectivity index (χ3v) is 1.54. The van der Waals surface area contributed by atoms with Gasteiger partial charge in [0.2, 0.25) is 0 Å². The minimum Gasteiger partial charge on any atom is -0.370 e. The highest BCUT2D eigenvalue weighted by Gasteiger charge is 2.18. The molecule has 1 atom stereocenters. The van der Waals surface area contributed by atoms with Crippen molar-refractivity contribution in [3.63, 3.8) is 0 Å². The van der Waals surface area contributed by atoms with E-state index < -0.39 is 14.6 Å². The summed E-state index contributed by atoms with van der Waals surface area (Å²) >= 11 is 0. The number of nitrogens with two attached hydrogens (primary N) is 1. The molecule has 0 saturated heterocycles. The van der Waals surface area contributed by atoms with Gasteiger partial charge in [-0.2, -0.15) is 0 Å². The van der Waals surface area contributed by atoms with Crippen LogP contribution in [0.25, 0.3) is 0 Å². The number of phosphoric ester groups is 1. The zero-order valence-electron chi connectivity index (χ0n) is 5.27. The maximum atomic E-state index is 10.5. The van der Waals surface area contributed by atoms with Crippen molar-refractivity contribution in [2.24, 2.45) is 5.73 Å². The van der Waals surface area contributed by atoms with Gasteiger partial charge in [-0.25, -0.2) is 4.57 Å². The molecule has 0 spiro atoms. The van der Waals surface area contributed by atoms with Crippen LogP contribution in [0.2, 0.25) is 0 Å². The van der Waals surface area contributed by atoms with Crippen molar-refractivity contribution in [1.82, 2.24) is 0 Å². The minimum absolute atomic E-state index is 0.0756. The van der Waals surface area contributed by atoms with Crippen molar-refractivity contribution in [2.75, 3.05) is 19.9 Å². The number of phosphoric acid groups is 1. The molecular weight excluding hydrogens is 161 g/mol. The molecule has 10 heavy (non-hydrogen) atoms. The summed E-state index contributed by atoms with van der Waals surface area (Å²) in [6.07, 6.45) is 0. The summed E-state index contributed by atoms with van der Waals surface area (Å²) in [4.78, 5) is 8.54. The highest BCUT2D eigenvalue weighted by molar-refractivity contribution is 7.47. The van der Waals surface area contributed by atoms with E-state index in [-0.39, 0.29) is 13.2 Å². The van der Waals surface area contributed by atoms with Gasteiger partial charge in [-0.05, 0) is 0 Å². The fourth-order valence-electron chi connectivity index (χ4n) is 0.278. The molecule has 6 nitrogen and oxygen atoms in total. The Bertz CT molecular complexity index is 128. The SMILES string of the molecule is NCCOP(=O)(O)OCO. The zero-order valence-corrected chi connectivity index (χ0v) is 6.16. The Hall–Kier alpha value is 0.0300. The number of hydrogen-bond donors (Lipinski definition) is 3. The Labute approximate surface area is 58.2 Å². The molecule has 0 saturated carbocycles. The van der Waals surface area contributed by atoms with Gasteiger partial charge in [0.05, 0.1) is 6.61 Å². The van der Waals surface area contributed by atoms with E-state index in [1.54, 1.807) is 0 Å². The van der Waals surface area contributed by atoms with Crippen LogP contribution in [0.3, 0.4) is 0 Å². The van der Waals surface area contributed by atoms with Gasteiger partial charge in [-0.3, -0.25) is 9.05 Å². The fourth-order valence-corrected chi connectivity index (χ4v) is 0.835. The Kier molecular flexibility index (Phi) is 4.80. The van der Waals surface area contributed by atoms with E-state index in [0.717, 1.165) is 0 Å². The Morgan fingerprint density at radius 1 is 1.50 bits per heavy atom. The second-order valence-corrected chi connectivity index (χ2v) is 2.80. The van der Waals surface area contributed by atoms with Gasteiger partial charge in [0.15, 0.2) is 6.79 Å². The molecule has 0 aromatic heterocycles. The van der Waals surface area contributed by atoms with Crippen LogP contribution >= 0.6 is 7.82 Å². The molecule has 0 amide bonds. The van der Waals surface area contributed by atoms with Crippen LogP contribution in [-0.2, 0) is 13.6 Å². The van der Waals surface area contributed by atoms with E-state index in [1.165, 1.54) is 0 Å². The molecular formula is C3H10NO5P. The lowest BCUT2D eigenvalue weighted by Gasteiger charge is -2.08. The van der Waals surface area contributed by atoms with Gasteiger partial charge in [0.25, 0.3) is 0 Å². The summed E-state index contributed by atoms with van der Waals surface area (Å²) in [5.74, 6) is 0. The van der Waals surface area contributed by atoms with E-state index in [4.69, 9.17) is 15.7 Å². The van der Waals surface area contributed by atoms with Gasteiger partial charge in [0.1, 0.15) is 0 Å². The maximum absolute atomic E-state index is 10.5. The van der Waals surface area contributed by atoms with Gasteiger partial charge < -0.3 is 15.7 Å². The Morgan fingerprint density at radius 3 is 2.50 bits per heavy atom. The summed E-state index contributed by atoms with van der Waals surface area (Å²) < 4.78 is 18.6. The first-order chi connectivity index (χ1) is 4.62. The lowest BCUT2D eigenvalue weighted by Crippen LogP contribution is -2.08. The average Bonchev–Trinajstić information content (AvgIpc) is 1.84. The van der Waals surface area contributed by atoms with Crippen molar-refractivity contribution in [3.05, 3.63) is 0 Å². The molecule has 0 aromatic carbocycles. The Balaban J connectivity index is 3.53. The van der Waals surface area contributed by atoms with Gasteiger partial charge in [-0.1, -0.05) is 0 Å². The zero-order chi connectivity index (χ0) is 8.04. The molecule has 1 unspecified atom stereocenters. The molecule has 0 aliphatic heterocycles. The number of rotatable bonds is 5. The first-order valence-electron chi connectivity index (χ1n) is 2.55. The van der Waals surface area contributed by atoms with Crippen molar-refractivity contribution in [3.8, 4) is 0 Å². The van der Waals surface area contributed by atoms with Crippen LogP contribution in [0.5, 0.6) is 0 Å². The fraction of sp³-hybridized carbons (Fsp3) is 1.00. The highest BCUT2D eigenvalue weighted by atomic mass is 31.2. The van der Waals surface area contributed by atoms with Crippen molar-refractivity contribution in [1.29, 1.82) is 0 Å². The van der Waals surface area contributed by atoms with Crippen molar-refractivity contribution >= 4 is 7.82 Å². The van der Waals surface area contributed by atoms with Crippen LogP contribution in [0.1, 0.15) is 0 Å². The lowest BCUT2D eigenvalue weighted by molar-refractivity contribution is 0.0530. The number of hydrogen-bond acceptors (Lipinski definition) is 5. The third-order valence-electron chi connectivity index (χ3n) is 0.593. The molecule has 0 aliphatic carbocycles. The first-order valence-corrected chi connectivity index (χ1v) is 4.04. The van der Waals surface area contributed by atoms with E-state index in [0.29, 0.717) is 0 Å². The van der Waals surface area contributed by atoms with E-state index in [1.807, 2.05) is 0 Å². The van der Waals surface area contributed by atoms with E-state index in [2.05, 4.69) is 9.05 Å². The average molecular weight is 171 g/mol. The standard InChI is InChI=1S/C3H10NO5P/c4-1-2-8-10(6,7)9-3-5/h5H,1-4H2,(H,6,7). The summed E-state index contributed by atoms with van der Waals surface area (Å²) in [7, 11) is -4.04. The first kappa shape index (κ1) is 10.0. The van der Waals surface area contributed by atoms with Gasteiger partial charge in [-0.15, -0.1) is 0 Å². The molecule has 0 aromatic rings. The summed E-state index contributed by atoms with van der Waals surface area (Å²) in [5, 5.41) is 8.04. The van der Waals surface area contributed by atoms with E-state index >= 15 is 0 Å². The Morgan fingerprint density at radius 2 is 2.10 bits per heavy atom. The highest BCUT2D eigenvalue weighted by Crippen LogP contribution is 2.42. The summed E-state index contributed by atoms with van der Waals surface area (Å²) in [6.45, 7) is -0.800. The minimum atomic E-state index is -4.04. The molecule has 0 fully saturated rings. The molecule has 4 N–H and O–H groups in total. The quantitative estimate of drug-likeness (QED) is 0.363. The molecule has 0 radical (unpaired) electrons. The monoisotopic (exact) mass is 171 g/mol. The largest absolute Gasteiger partial charge is 0.474 e. The summed E-state index contributed by atoms with van der Waals surface area (Å²) in [5.41, 5.74) is 4.96. The van der Waals surface area contributed by atoms with Crippen LogP contribution in [0.15, 0.2) is 0 Å². The molecule has 0 heterocycles. The third kappa shape index (κ3) is 4.87.